The van der Waals surface area contributed by atoms with E-state index in [0.29, 0.717) is 13.2 Å². The Morgan fingerprint density at radius 1 is 1.20 bits per heavy atom. The molecule has 0 saturated heterocycles. The van der Waals surface area contributed by atoms with Crippen LogP contribution in [0.15, 0.2) is 53.2 Å². The van der Waals surface area contributed by atoms with Gasteiger partial charge in [-0.15, -0.1) is 0 Å². The zero-order chi connectivity index (χ0) is 14.0. The van der Waals surface area contributed by atoms with Gasteiger partial charge in [-0.2, -0.15) is 0 Å². The van der Waals surface area contributed by atoms with Gasteiger partial charge in [0.2, 0.25) is 0 Å². The fourth-order valence-electron chi connectivity index (χ4n) is 1.87. The van der Waals surface area contributed by atoms with Crippen LogP contribution in [-0.2, 0) is 17.9 Å². The number of hydrogen-bond donors (Lipinski definition) is 1. The lowest BCUT2D eigenvalue weighted by molar-refractivity contribution is 0.147. The fourth-order valence-corrected chi connectivity index (χ4v) is 1.87. The second-order valence-electron chi connectivity index (χ2n) is 4.48. The molecular formula is C17H21NO2. The Bertz CT molecular complexity index is 517. The molecule has 1 aromatic heterocycles. The van der Waals surface area contributed by atoms with Crippen molar-refractivity contribution in [2.75, 3.05) is 13.2 Å². The minimum absolute atomic E-state index is 0.580. The minimum atomic E-state index is 0.580. The van der Waals surface area contributed by atoms with Gasteiger partial charge >= 0.3 is 0 Å². The molecule has 0 aliphatic rings. The maximum Gasteiger partial charge on any atom is 0.123 e. The monoisotopic (exact) mass is 271 g/mol. The molecule has 0 atom stereocenters. The van der Waals surface area contributed by atoms with Crippen molar-refractivity contribution < 1.29 is 9.15 Å². The van der Waals surface area contributed by atoms with Gasteiger partial charge in [0.1, 0.15) is 5.76 Å². The molecule has 0 spiro atoms. The molecule has 0 fully saturated rings. The zero-order valence-corrected chi connectivity index (χ0v) is 11.8. The highest BCUT2D eigenvalue weighted by Gasteiger charge is 2.04. The van der Waals surface area contributed by atoms with Gasteiger partial charge in [-0.3, -0.25) is 0 Å². The van der Waals surface area contributed by atoms with E-state index in [1.165, 1.54) is 5.56 Å². The van der Waals surface area contributed by atoms with Gasteiger partial charge in [-0.05, 0) is 18.2 Å². The molecule has 1 aromatic carbocycles. The van der Waals surface area contributed by atoms with Gasteiger partial charge in [0.05, 0.1) is 26.0 Å². The first kappa shape index (κ1) is 14.6. The van der Waals surface area contributed by atoms with Crippen LogP contribution in [-0.4, -0.2) is 13.2 Å². The van der Waals surface area contributed by atoms with Crippen LogP contribution in [0.5, 0.6) is 0 Å². The summed E-state index contributed by atoms with van der Waals surface area (Å²) in [4.78, 5) is 0. The molecule has 3 nitrogen and oxygen atoms in total. The molecule has 0 amide bonds. The van der Waals surface area contributed by atoms with Crippen molar-refractivity contribution in [1.29, 1.82) is 0 Å². The summed E-state index contributed by atoms with van der Waals surface area (Å²) in [6, 6.07) is 12.2. The molecule has 0 aliphatic heterocycles. The summed E-state index contributed by atoms with van der Waals surface area (Å²) in [5, 5.41) is 3.25. The van der Waals surface area contributed by atoms with Gasteiger partial charge in [0, 0.05) is 5.56 Å². The average Bonchev–Trinajstić information content (AvgIpc) is 2.93. The first-order valence-corrected chi connectivity index (χ1v) is 6.95. The Hall–Kier alpha value is -1.84. The third-order valence-electron chi connectivity index (χ3n) is 2.95. The summed E-state index contributed by atoms with van der Waals surface area (Å²) in [6.45, 7) is 4.94. The number of ether oxygens (including phenoxy) is 1. The lowest BCUT2D eigenvalue weighted by atomic mass is 10.2. The van der Waals surface area contributed by atoms with E-state index in [0.717, 1.165) is 24.4 Å². The fraction of sp³-hybridized carbons (Fsp3) is 0.294. The van der Waals surface area contributed by atoms with E-state index in [1.54, 1.807) is 6.26 Å². The summed E-state index contributed by atoms with van der Waals surface area (Å²) < 4.78 is 11.1. The van der Waals surface area contributed by atoms with Crippen LogP contribution < -0.4 is 5.32 Å². The second kappa shape index (κ2) is 8.35. The number of nitrogens with one attached hydrogen (secondary N) is 1. The van der Waals surface area contributed by atoms with Crippen LogP contribution in [0.3, 0.4) is 0 Å². The van der Waals surface area contributed by atoms with Gasteiger partial charge in [-0.25, -0.2) is 0 Å². The van der Waals surface area contributed by atoms with Gasteiger partial charge in [-0.1, -0.05) is 49.4 Å². The highest BCUT2D eigenvalue weighted by atomic mass is 16.5. The maximum absolute atomic E-state index is 5.65. The largest absolute Gasteiger partial charge is 0.468 e. The van der Waals surface area contributed by atoms with E-state index in [1.807, 2.05) is 30.3 Å². The van der Waals surface area contributed by atoms with E-state index >= 15 is 0 Å². The first-order valence-electron chi connectivity index (χ1n) is 6.95. The Balaban J connectivity index is 1.73. The van der Waals surface area contributed by atoms with Crippen LogP contribution in [0.4, 0.5) is 0 Å². The van der Waals surface area contributed by atoms with E-state index in [9.17, 15) is 0 Å². The number of benzene rings is 1. The summed E-state index contributed by atoms with van der Waals surface area (Å²) in [5.74, 6) is 0.957. The molecule has 2 rings (SSSR count). The van der Waals surface area contributed by atoms with E-state index in [2.05, 4.69) is 30.4 Å². The second-order valence-corrected chi connectivity index (χ2v) is 4.48. The van der Waals surface area contributed by atoms with Crippen molar-refractivity contribution in [2.24, 2.45) is 0 Å². The van der Waals surface area contributed by atoms with E-state index < -0.39 is 0 Å². The number of hydrogen-bond acceptors (Lipinski definition) is 3. The van der Waals surface area contributed by atoms with Crippen LogP contribution in [0.1, 0.15) is 23.8 Å². The third-order valence-corrected chi connectivity index (χ3v) is 2.95. The molecule has 0 saturated carbocycles. The molecule has 0 unspecified atom stereocenters. The minimum Gasteiger partial charge on any atom is -0.468 e. The maximum atomic E-state index is 5.65. The van der Waals surface area contributed by atoms with Crippen molar-refractivity contribution in [3.8, 4) is 0 Å². The standard InChI is InChI=1S/C17H21NO2/c1-2-18-13-17-16(10-12-20-17)14-19-11-6-9-15-7-4-3-5-8-15/h3-10,12,18H,2,11,13-14H2,1H3. The molecule has 1 heterocycles. The molecule has 20 heavy (non-hydrogen) atoms. The first-order chi connectivity index (χ1) is 9.90. The molecular weight excluding hydrogens is 250 g/mol. The highest BCUT2D eigenvalue weighted by Crippen LogP contribution is 2.11. The number of furan rings is 1. The van der Waals surface area contributed by atoms with E-state index in [-0.39, 0.29) is 0 Å². The lowest BCUT2D eigenvalue weighted by Gasteiger charge is -2.03. The lowest BCUT2D eigenvalue weighted by Crippen LogP contribution is -2.12. The molecule has 1 N–H and O–H groups in total. The summed E-state index contributed by atoms with van der Waals surface area (Å²) in [6.07, 6.45) is 5.81. The normalized spacial score (nSPS) is 11.2. The average molecular weight is 271 g/mol. The van der Waals surface area contributed by atoms with Gasteiger partial charge in [0.25, 0.3) is 0 Å². The summed E-state index contributed by atoms with van der Waals surface area (Å²) >= 11 is 0. The topological polar surface area (TPSA) is 34.4 Å². The smallest absolute Gasteiger partial charge is 0.123 e. The Morgan fingerprint density at radius 3 is 2.85 bits per heavy atom. The zero-order valence-electron chi connectivity index (χ0n) is 11.8. The van der Waals surface area contributed by atoms with Crippen LogP contribution >= 0.6 is 0 Å². The Morgan fingerprint density at radius 2 is 2.05 bits per heavy atom. The van der Waals surface area contributed by atoms with Crippen molar-refractivity contribution in [3.05, 3.63) is 65.6 Å². The van der Waals surface area contributed by atoms with Crippen LogP contribution in [0.25, 0.3) is 6.08 Å². The SMILES string of the molecule is CCNCc1occc1COCC=Cc1ccccc1. The third kappa shape index (κ3) is 4.68. The molecule has 0 aliphatic carbocycles. The quantitative estimate of drug-likeness (QED) is 0.745. The number of rotatable bonds is 8. The van der Waals surface area contributed by atoms with E-state index in [4.69, 9.17) is 9.15 Å². The van der Waals surface area contributed by atoms with Crippen LogP contribution in [0.2, 0.25) is 0 Å². The predicted molar refractivity (Wildman–Crippen MR) is 81.2 cm³/mol. The Labute approximate surface area is 120 Å². The molecule has 2 aromatic rings. The summed E-state index contributed by atoms with van der Waals surface area (Å²) in [5.41, 5.74) is 2.30. The molecule has 0 radical (unpaired) electrons. The van der Waals surface area contributed by atoms with Crippen molar-refractivity contribution in [3.63, 3.8) is 0 Å². The molecule has 0 bridgehead atoms. The molecule has 106 valence electrons. The Kier molecular flexibility index (Phi) is 6.08. The van der Waals surface area contributed by atoms with Gasteiger partial charge in [0.15, 0.2) is 0 Å². The van der Waals surface area contributed by atoms with Gasteiger partial charge < -0.3 is 14.5 Å². The van der Waals surface area contributed by atoms with Crippen molar-refractivity contribution >= 4 is 6.08 Å². The predicted octanol–water partition coefficient (Wildman–Crippen LogP) is 3.62. The summed E-state index contributed by atoms with van der Waals surface area (Å²) in [7, 11) is 0. The highest BCUT2D eigenvalue weighted by molar-refractivity contribution is 5.48. The van der Waals surface area contributed by atoms with Crippen molar-refractivity contribution in [1.82, 2.24) is 5.32 Å². The molecule has 3 heteroatoms. The van der Waals surface area contributed by atoms with Crippen LogP contribution in [0, 0.1) is 0 Å². The van der Waals surface area contributed by atoms with Crippen molar-refractivity contribution in [2.45, 2.75) is 20.1 Å².